The number of hydrogen-bond donors (Lipinski definition) is 4. The van der Waals surface area contributed by atoms with Gasteiger partial charge < -0.3 is 25.8 Å². The van der Waals surface area contributed by atoms with Crippen molar-refractivity contribution in [1.29, 1.82) is 0 Å². The largest absolute Gasteiger partial charge is 0.487 e. The highest BCUT2D eigenvalue weighted by molar-refractivity contribution is 6.20. The second-order valence-corrected chi connectivity index (χ2v) is 7.80. The normalized spacial score (nSPS) is 18.6. The number of ether oxygens (including phenoxy) is 1. The first kappa shape index (κ1) is 22.0. The summed E-state index contributed by atoms with van der Waals surface area (Å²) in [5, 5.41) is 19.6. The summed E-state index contributed by atoms with van der Waals surface area (Å²) in [6, 6.07) is 12.0. The number of alkyl halides is 3. The van der Waals surface area contributed by atoms with Gasteiger partial charge in [0.25, 0.3) is 5.91 Å². The number of aromatic amines is 1. The van der Waals surface area contributed by atoms with Crippen LogP contribution in [0.2, 0.25) is 0 Å². The van der Waals surface area contributed by atoms with Gasteiger partial charge in [-0.25, -0.2) is 0 Å². The van der Waals surface area contributed by atoms with Crippen LogP contribution in [0.3, 0.4) is 0 Å². The maximum atomic E-state index is 12.8. The number of amides is 1. The van der Waals surface area contributed by atoms with Crippen molar-refractivity contribution >= 4 is 28.9 Å². The fourth-order valence-corrected chi connectivity index (χ4v) is 3.62. The minimum atomic E-state index is -3.81. The van der Waals surface area contributed by atoms with Gasteiger partial charge in [0.2, 0.25) is 0 Å². The van der Waals surface area contributed by atoms with Crippen LogP contribution in [0.1, 0.15) is 10.4 Å². The number of nitrogens with one attached hydrogen (secondary N) is 2. The maximum Gasteiger partial charge on any atom is 0.487 e. The summed E-state index contributed by atoms with van der Waals surface area (Å²) >= 11 is 4.75. The molecule has 5 N–H and O–H groups in total. The van der Waals surface area contributed by atoms with Gasteiger partial charge >= 0.3 is 5.57 Å². The van der Waals surface area contributed by atoms with E-state index < -0.39 is 17.6 Å². The number of aromatic nitrogens is 2. The van der Waals surface area contributed by atoms with Crippen LogP contribution in [-0.4, -0.2) is 52.0 Å². The number of aliphatic hydroxyl groups excluding tert-OH is 1. The molecule has 2 unspecified atom stereocenters. The summed E-state index contributed by atoms with van der Waals surface area (Å²) in [5.41, 5.74) is 5.13. The van der Waals surface area contributed by atoms with Crippen LogP contribution in [0.25, 0.3) is 11.3 Å². The summed E-state index contributed by atoms with van der Waals surface area (Å²) in [6.45, 7) is 0.854. The van der Waals surface area contributed by atoms with Gasteiger partial charge in [0.05, 0.1) is 11.8 Å². The number of nitrogens with two attached hydrogens (primary N) is 1. The van der Waals surface area contributed by atoms with E-state index in [0.29, 0.717) is 30.0 Å². The lowest BCUT2D eigenvalue weighted by Gasteiger charge is -2.22. The number of carbonyl (C=O) groups excluding carboxylic acids is 1. The number of rotatable bonds is 6. The van der Waals surface area contributed by atoms with Crippen LogP contribution in [0.5, 0.6) is 5.75 Å². The summed E-state index contributed by atoms with van der Waals surface area (Å²) < 4.78 is 29.7. The van der Waals surface area contributed by atoms with E-state index in [9.17, 15) is 18.7 Å². The fourth-order valence-electron chi connectivity index (χ4n) is 3.53. The number of carbonyl (C=O) groups is 1. The topological polar surface area (TPSA) is 117 Å². The lowest BCUT2D eigenvalue weighted by Crippen LogP contribution is -2.32. The van der Waals surface area contributed by atoms with Crippen LogP contribution in [0.15, 0.2) is 54.7 Å². The molecular formula is C21H20ClF2N5O3. The van der Waals surface area contributed by atoms with Crippen LogP contribution in [-0.2, 0) is 0 Å². The van der Waals surface area contributed by atoms with Gasteiger partial charge in [-0.15, -0.1) is 8.78 Å². The average molecular weight is 464 g/mol. The second kappa shape index (κ2) is 8.73. The maximum absolute atomic E-state index is 12.8. The smallest absolute Gasteiger partial charge is 0.420 e. The fraction of sp³-hybridized carbons (Fsp3) is 0.238. The highest BCUT2D eigenvalue weighted by Crippen LogP contribution is 2.33. The number of benzene rings is 2. The standard InChI is InChI=1S/C21H20ClF2N5O3/c22-21(23,24)32-14-4-2-13(3-5-14)27-20(31)12-1-6-18(29-10-16(25)19(30)11-29)15(9-12)17-7-8-26-28-17/h1-9,16,19,30H,10-11,25H2,(H,26,28)(H,27,31). The molecule has 1 aromatic heterocycles. The van der Waals surface area contributed by atoms with E-state index >= 15 is 0 Å². The molecule has 2 aromatic carbocycles. The zero-order valence-corrected chi connectivity index (χ0v) is 17.4. The summed E-state index contributed by atoms with van der Waals surface area (Å²) in [5.74, 6) is -0.535. The van der Waals surface area contributed by atoms with Crippen molar-refractivity contribution in [2.45, 2.75) is 17.7 Å². The molecule has 1 amide bonds. The minimum absolute atomic E-state index is 0.139. The quantitative estimate of drug-likeness (QED) is 0.418. The number of H-pyrrole nitrogens is 1. The molecular weight excluding hydrogens is 444 g/mol. The van der Waals surface area contributed by atoms with Crippen LogP contribution in [0, 0.1) is 0 Å². The molecule has 0 bridgehead atoms. The van der Waals surface area contributed by atoms with E-state index in [-0.39, 0.29) is 11.8 Å². The third-order valence-corrected chi connectivity index (χ3v) is 5.15. The molecule has 0 saturated carbocycles. The molecule has 2 heterocycles. The number of anilines is 2. The van der Waals surface area contributed by atoms with Gasteiger partial charge in [-0.3, -0.25) is 9.89 Å². The van der Waals surface area contributed by atoms with E-state index in [2.05, 4.69) is 20.3 Å². The van der Waals surface area contributed by atoms with Crippen molar-refractivity contribution in [3.05, 3.63) is 60.3 Å². The van der Waals surface area contributed by atoms with E-state index in [0.717, 1.165) is 11.3 Å². The lowest BCUT2D eigenvalue weighted by atomic mass is 10.0. The highest BCUT2D eigenvalue weighted by atomic mass is 35.5. The molecule has 11 heteroatoms. The highest BCUT2D eigenvalue weighted by Gasteiger charge is 2.30. The molecule has 32 heavy (non-hydrogen) atoms. The Morgan fingerprint density at radius 1 is 1.25 bits per heavy atom. The molecule has 3 aromatic rings. The molecule has 0 radical (unpaired) electrons. The molecule has 0 aliphatic carbocycles. The zero-order valence-electron chi connectivity index (χ0n) is 16.6. The van der Waals surface area contributed by atoms with Crippen molar-refractivity contribution in [2.75, 3.05) is 23.3 Å². The third-order valence-electron chi connectivity index (χ3n) is 5.07. The summed E-state index contributed by atoms with van der Waals surface area (Å²) in [4.78, 5) is 14.8. The minimum Gasteiger partial charge on any atom is -0.420 e. The van der Waals surface area contributed by atoms with Gasteiger partial charge in [-0.2, -0.15) is 5.10 Å². The van der Waals surface area contributed by atoms with Crippen LogP contribution < -0.4 is 20.7 Å². The Hall–Kier alpha value is -3.21. The Morgan fingerprint density at radius 3 is 2.59 bits per heavy atom. The lowest BCUT2D eigenvalue weighted by molar-refractivity contribution is -0.0964. The van der Waals surface area contributed by atoms with E-state index in [1.54, 1.807) is 30.5 Å². The van der Waals surface area contributed by atoms with Crippen LogP contribution in [0.4, 0.5) is 20.2 Å². The number of halogens is 3. The first-order valence-corrected chi connectivity index (χ1v) is 10.1. The third kappa shape index (κ3) is 4.98. The van der Waals surface area contributed by atoms with Crippen LogP contribution >= 0.6 is 11.6 Å². The zero-order chi connectivity index (χ0) is 22.9. The SMILES string of the molecule is NC1CN(c2ccc(C(=O)Nc3ccc(OC(F)(F)Cl)cc3)cc2-c2ccn[nH]2)CC1O. The van der Waals surface area contributed by atoms with Gasteiger partial charge in [0, 0.05) is 59.4 Å². The van der Waals surface area contributed by atoms with Gasteiger partial charge in [0.1, 0.15) is 5.75 Å². The Bertz CT molecular complexity index is 1080. The second-order valence-electron chi connectivity index (χ2n) is 7.36. The first-order chi connectivity index (χ1) is 15.2. The molecule has 1 fully saturated rings. The monoisotopic (exact) mass is 463 g/mol. The molecule has 1 saturated heterocycles. The first-order valence-electron chi connectivity index (χ1n) is 9.69. The molecule has 1 aliphatic heterocycles. The number of hydrogen-bond acceptors (Lipinski definition) is 6. The Balaban J connectivity index is 1.56. The number of aliphatic hydroxyl groups is 1. The molecule has 1 aliphatic rings. The number of β-amino-alcohol motifs (C(OH)–C–C–N with tert-alkyl or cyclic N) is 1. The van der Waals surface area contributed by atoms with E-state index in [1.807, 2.05) is 4.90 Å². The summed E-state index contributed by atoms with van der Waals surface area (Å²) in [6.07, 6.45) is 0.961. The molecule has 0 spiro atoms. The molecule has 168 valence electrons. The molecule has 2 atom stereocenters. The van der Waals surface area contributed by atoms with Gasteiger partial charge in [-0.1, -0.05) is 0 Å². The van der Waals surface area contributed by atoms with Crippen molar-refractivity contribution in [3.8, 4) is 17.0 Å². The Kier molecular flexibility index (Phi) is 6.00. The Labute approximate surface area is 186 Å². The Morgan fingerprint density at radius 2 is 2.00 bits per heavy atom. The van der Waals surface area contributed by atoms with Crippen molar-refractivity contribution in [2.24, 2.45) is 5.73 Å². The predicted octanol–water partition coefficient (Wildman–Crippen LogP) is 3.01. The van der Waals surface area contributed by atoms with Gasteiger partial charge in [-0.05, 0) is 48.5 Å². The predicted molar refractivity (Wildman–Crippen MR) is 116 cm³/mol. The van der Waals surface area contributed by atoms with Crippen molar-refractivity contribution in [3.63, 3.8) is 0 Å². The average Bonchev–Trinajstić information content (AvgIpc) is 3.38. The van der Waals surface area contributed by atoms with Gasteiger partial charge in [0.15, 0.2) is 0 Å². The summed E-state index contributed by atoms with van der Waals surface area (Å²) in [7, 11) is 0. The van der Waals surface area contributed by atoms with E-state index in [4.69, 9.17) is 17.3 Å². The van der Waals surface area contributed by atoms with E-state index in [1.165, 1.54) is 24.3 Å². The molecule has 8 nitrogen and oxygen atoms in total. The van der Waals surface area contributed by atoms with Crippen molar-refractivity contribution < 1.29 is 23.4 Å². The molecule has 4 rings (SSSR count). The van der Waals surface area contributed by atoms with Crippen molar-refractivity contribution in [1.82, 2.24) is 10.2 Å². The number of nitrogens with zero attached hydrogens (tertiary/aromatic N) is 2.